The Morgan fingerprint density at radius 1 is 1.42 bits per heavy atom. The van der Waals surface area contributed by atoms with Gasteiger partial charge in [0.25, 0.3) is 0 Å². The van der Waals surface area contributed by atoms with Gasteiger partial charge in [-0.1, -0.05) is 13.8 Å². The lowest BCUT2D eigenvalue weighted by Gasteiger charge is -2.21. The van der Waals surface area contributed by atoms with Crippen LogP contribution in [0.1, 0.15) is 26.7 Å². The lowest BCUT2D eigenvalue weighted by Crippen LogP contribution is -2.51. The second-order valence-electron chi connectivity index (χ2n) is 6.23. The van der Waals surface area contributed by atoms with Crippen LogP contribution < -0.4 is 16.0 Å². The fourth-order valence-corrected chi connectivity index (χ4v) is 4.68. The van der Waals surface area contributed by atoms with Crippen LogP contribution >= 0.6 is 11.3 Å². The molecule has 0 saturated carbocycles. The van der Waals surface area contributed by atoms with Crippen LogP contribution in [0.25, 0.3) is 0 Å². The highest BCUT2D eigenvalue weighted by molar-refractivity contribution is 7.91. The van der Waals surface area contributed by atoms with Crippen molar-refractivity contribution in [3.05, 3.63) is 11.6 Å². The van der Waals surface area contributed by atoms with Crippen molar-refractivity contribution in [3.8, 4) is 0 Å². The summed E-state index contributed by atoms with van der Waals surface area (Å²) in [6, 6.07) is -1.65. The largest absolute Gasteiger partial charge is 0.334 e. The Morgan fingerprint density at radius 2 is 2.17 bits per heavy atom. The van der Waals surface area contributed by atoms with Gasteiger partial charge in [-0.25, -0.2) is 18.2 Å². The standard InChI is InChI=1S/C14H22N4O4S2/c1-9(2)7-11(12(19)18-14-15-4-5-23-14)17-13(20)16-10-3-6-24(21,22)8-10/h4-5,9-11H,3,6-8H2,1-2H3,(H,15,18,19)(H2,16,17,20)/t10-,11-/m0/s1. The Balaban J connectivity index is 1.92. The van der Waals surface area contributed by atoms with Crippen molar-refractivity contribution in [3.63, 3.8) is 0 Å². The molecule has 0 aromatic carbocycles. The Bertz CT molecular complexity index is 673. The minimum Gasteiger partial charge on any atom is -0.334 e. The van der Waals surface area contributed by atoms with Crippen LogP contribution in [-0.2, 0) is 14.6 Å². The van der Waals surface area contributed by atoms with Gasteiger partial charge in [0.15, 0.2) is 15.0 Å². The van der Waals surface area contributed by atoms with Gasteiger partial charge in [-0.3, -0.25) is 4.79 Å². The van der Waals surface area contributed by atoms with Crippen LogP contribution in [0.4, 0.5) is 9.93 Å². The van der Waals surface area contributed by atoms with Gasteiger partial charge in [-0.05, 0) is 18.8 Å². The number of thiazole rings is 1. The molecule has 134 valence electrons. The average Bonchev–Trinajstić information content (AvgIpc) is 3.07. The summed E-state index contributed by atoms with van der Waals surface area (Å²) in [4.78, 5) is 28.4. The molecule has 2 rings (SSSR count). The van der Waals surface area contributed by atoms with E-state index in [1.54, 1.807) is 11.6 Å². The van der Waals surface area contributed by atoms with Gasteiger partial charge in [-0.2, -0.15) is 0 Å². The second kappa shape index (κ2) is 7.93. The molecule has 3 N–H and O–H groups in total. The van der Waals surface area contributed by atoms with E-state index >= 15 is 0 Å². The van der Waals surface area contributed by atoms with Gasteiger partial charge in [0.05, 0.1) is 11.5 Å². The quantitative estimate of drug-likeness (QED) is 0.686. The van der Waals surface area contributed by atoms with Crippen molar-refractivity contribution in [2.45, 2.75) is 38.8 Å². The van der Waals surface area contributed by atoms with Crippen molar-refractivity contribution in [2.75, 3.05) is 16.8 Å². The Kier molecular flexibility index (Phi) is 6.16. The smallest absolute Gasteiger partial charge is 0.315 e. The minimum absolute atomic E-state index is 0.0550. The number of rotatable bonds is 6. The van der Waals surface area contributed by atoms with E-state index in [4.69, 9.17) is 0 Å². The molecule has 1 saturated heterocycles. The van der Waals surface area contributed by atoms with Gasteiger partial charge in [-0.15, -0.1) is 11.3 Å². The summed E-state index contributed by atoms with van der Waals surface area (Å²) >= 11 is 1.29. The highest BCUT2D eigenvalue weighted by Gasteiger charge is 2.30. The second-order valence-corrected chi connectivity index (χ2v) is 9.35. The number of carbonyl (C=O) groups excluding carboxylic acids is 2. The molecular formula is C14H22N4O4S2. The van der Waals surface area contributed by atoms with Crippen LogP contribution in [0.3, 0.4) is 0 Å². The topological polar surface area (TPSA) is 117 Å². The fourth-order valence-electron chi connectivity index (χ4n) is 2.47. The number of anilines is 1. The van der Waals surface area contributed by atoms with E-state index in [0.29, 0.717) is 18.0 Å². The third-order valence-corrected chi connectivity index (χ3v) is 6.02. The number of urea groups is 1. The molecule has 8 nitrogen and oxygen atoms in total. The summed E-state index contributed by atoms with van der Waals surface area (Å²) in [6.45, 7) is 3.90. The molecule has 1 aliphatic heterocycles. The maximum absolute atomic E-state index is 12.3. The number of carbonyl (C=O) groups is 2. The molecule has 1 aliphatic rings. The van der Waals surface area contributed by atoms with Gasteiger partial charge in [0.2, 0.25) is 5.91 Å². The van der Waals surface area contributed by atoms with Crippen molar-refractivity contribution in [1.82, 2.24) is 15.6 Å². The van der Waals surface area contributed by atoms with E-state index in [-0.39, 0.29) is 23.3 Å². The van der Waals surface area contributed by atoms with Gasteiger partial charge in [0.1, 0.15) is 6.04 Å². The first-order valence-corrected chi connectivity index (χ1v) is 10.4. The fraction of sp³-hybridized carbons (Fsp3) is 0.643. The zero-order chi connectivity index (χ0) is 17.7. The molecule has 1 fully saturated rings. The van der Waals surface area contributed by atoms with Gasteiger partial charge < -0.3 is 16.0 Å². The molecular weight excluding hydrogens is 352 g/mol. The highest BCUT2D eigenvalue weighted by Crippen LogP contribution is 2.14. The normalized spacial score (nSPS) is 20.5. The number of aromatic nitrogens is 1. The monoisotopic (exact) mass is 374 g/mol. The van der Waals surface area contributed by atoms with Crippen LogP contribution in [0.5, 0.6) is 0 Å². The molecule has 0 aliphatic carbocycles. The first-order valence-electron chi connectivity index (χ1n) is 7.73. The Hall–Kier alpha value is -1.68. The number of hydrogen-bond acceptors (Lipinski definition) is 6. The molecule has 2 heterocycles. The van der Waals surface area contributed by atoms with Gasteiger partial charge in [0, 0.05) is 17.6 Å². The number of hydrogen-bond donors (Lipinski definition) is 3. The summed E-state index contributed by atoms with van der Waals surface area (Å²) < 4.78 is 22.9. The molecule has 1 aromatic rings. The maximum Gasteiger partial charge on any atom is 0.315 e. The van der Waals surface area contributed by atoms with Crippen molar-refractivity contribution in [1.29, 1.82) is 0 Å². The number of sulfone groups is 1. The molecule has 2 atom stereocenters. The van der Waals surface area contributed by atoms with E-state index in [1.807, 2.05) is 13.8 Å². The predicted molar refractivity (Wildman–Crippen MR) is 92.7 cm³/mol. The average molecular weight is 374 g/mol. The molecule has 3 amide bonds. The summed E-state index contributed by atoms with van der Waals surface area (Å²) in [5.41, 5.74) is 0. The predicted octanol–water partition coefficient (Wildman–Crippen LogP) is 0.983. The first kappa shape index (κ1) is 18.7. The lowest BCUT2D eigenvalue weighted by molar-refractivity contribution is -0.118. The molecule has 0 bridgehead atoms. The zero-order valence-electron chi connectivity index (χ0n) is 13.6. The van der Waals surface area contributed by atoms with E-state index < -0.39 is 28.0 Å². The third-order valence-electron chi connectivity index (χ3n) is 3.56. The molecule has 10 heteroatoms. The summed E-state index contributed by atoms with van der Waals surface area (Å²) in [5, 5.41) is 10.1. The molecule has 0 radical (unpaired) electrons. The molecule has 24 heavy (non-hydrogen) atoms. The van der Waals surface area contributed by atoms with Crippen molar-refractivity contribution >= 4 is 38.2 Å². The van der Waals surface area contributed by atoms with Crippen LogP contribution in [0.15, 0.2) is 11.6 Å². The summed E-state index contributed by atoms with van der Waals surface area (Å²) in [7, 11) is -3.07. The van der Waals surface area contributed by atoms with Crippen molar-refractivity contribution < 1.29 is 18.0 Å². The van der Waals surface area contributed by atoms with E-state index in [9.17, 15) is 18.0 Å². The van der Waals surface area contributed by atoms with Crippen molar-refractivity contribution in [2.24, 2.45) is 5.92 Å². The van der Waals surface area contributed by atoms with Crippen LogP contribution in [-0.4, -0.2) is 48.9 Å². The molecule has 0 unspecified atom stereocenters. The highest BCUT2D eigenvalue weighted by atomic mass is 32.2. The summed E-state index contributed by atoms with van der Waals surface area (Å²) in [6.07, 6.45) is 2.45. The van der Waals surface area contributed by atoms with Crippen LogP contribution in [0, 0.1) is 5.92 Å². The minimum atomic E-state index is -3.07. The number of nitrogens with one attached hydrogen (secondary N) is 3. The Morgan fingerprint density at radius 3 is 2.71 bits per heavy atom. The van der Waals surface area contributed by atoms with E-state index in [0.717, 1.165) is 0 Å². The third kappa shape index (κ3) is 5.75. The van der Waals surface area contributed by atoms with Gasteiger partial charge >= 0.3 is 6.03 Å². The number of amides is 3. The van der Waals surface area contributed by atoms with E-state index in [2.05, 4.69) is 20.9 Å². The maximum atomic E-state index is 12.3. The first-order chi connectivity index (χ1) is 11.2. The SMILES string of the molecule is CC(C)C[C@H](NC(=O)N[C@H]1CCS(=O)(=O)C1)C(=O)Nc1nccs1. The Labute approximate surface area is 145 Å². The van der Waals surface area contributed by atoms with E-state index in [1.165, 1.54) is 11.3 Å². The van der Waals surface area contributed by atoms with Crippen LogP contribution in [0.2, 0.25) is 0 Å². The molecule has 0 spiro atoms. The summed E-state index contributed by atoms with van der Waals surface area (Å²) in [5.74, 6) is -0.115. The zero-order valence-corrected chi connectivity index (χ0v) is 15.2. The molecule has 1 aromatic heterocycles. The lowest BCUT2D eigenvalue weighted by atomic mass is 10.0. The number of nitrogens with zero attached hydrogens (tertiary/aromatic N) is 1.